The smallest absolute Gasteiger partial charge is 0.332 e. The maximum atomic E-state index is 12.9. The van der Waals surface area contributed by atoms with Crippen LogP contribution in [0.25, 0.3) is 11.2 Å². The molecule has 0 bridgehead atoms. The topological polar surface area (TPSA) is 91.4 Å². The quantitative estimate of drug-likeness (QED) is 0.543. The van der Waals surface area contributed by atoms with E-state index >= 15 is 0 Å². The number of carbonyl (C=O) groups excluding carboxylic acids is 1. The minimum Gasteiger partial charge on any atom is -0.494 e. The van der Waals surface area contributed by atoms with Gasteiger partial charge in [0.1, 0.15) is 12.3 Å². The van der Waals surface area contributed by atoms with E-state index in [1.165, 1.54) is 16.5 Å². The highest BCUT2D eigenvalue weighted by Gasteiger charge is 2.24. The van der Waals surface area contributed by atoms with Gasteiger partial charge in [0.2, 0.25) is 5.91 Å². The molecule has 0 radical (unpaired) electrons. The molecule has 1 saturated heterocycles. The Morgan fingerprint density at radius 2 is 1.82 bits per heavy atom. The highest BCUT2D eigenvalue weighted by Crippen LogP contribution is 2.23. The van der Waals surface area contributed by atoms with Crippen LogP contribution in [0, 0.1) is 5.92 Å². The summed E-state index contributed by atoms with van der Waals surface area (Å²) < 4.78 is 9.40. The fourth-order valence-electron chi connectivity index (χ4n) is 4.53. The predicted octanol–water partition coefficient (Wildman–Crippen LogP) is 1.70. The Hall–Kier alpha value is -3.36. The molecule has 9 heteroatoms. The van der Waals surface area contributed by atoms with Crippen molar-refractivity contribution < 1.29 is 9.53 Å². The second-order valence-electron chi connectivity index (χ2n) is 8.70. The molecule has 1 aliphatic rings. The van der Waals surface area contributed by atoms with Crippen molar-refractivity contribution in [3.63, 3.8) is 0 Å². The first-order chi connectivity index (χ1) is 15.9. The number of aromatic nitrogens is 4. The highest BCUT2D eigenvalue weighted by atomic mass is 16.5. The summed E-state index contributed by atoms with van der Waals surface area (Å²) in [5.74, 6) is 1.26. The zero-order chi connectivity index (χ0) is 23.5. The summed E-state index contributed by atoms with van der Waals surface area (Å²) >= 11 is 0. The van der Waals surface area contributed by atoms with Crippen molar-refractivity contribution in [3.8, 4) is 5.75 Å². The second kappa shape index (κ2) is 9.64. The number of nitrogens with zero attached hydrogens (tertiary/aromatic N) is 5. The Morgan fingerprint density at radius 1 is 1.12 bits per heavy atom. The molecular formula is C24H31N5O4. The normalized spacial score (nSPS) is 14.7. The van der Waals surface area contributed by atoms with Gasteiger partial charge in [-0.1, -0.05) is 12.1 Å². The number of aryl methyl sites for hydroxylation is 3. The zero-order valence-electron chi connectivity index (χ0n) is 19.5. The predicted molar refractivity (Wildman–Crippen MR) is 125 cm³/mol. The van der Waals surface area contributed by atoms with E-state index in [9.17, 15) is 14.4 Å². The van der Waals surface area contributed by atoms with Crippen molar-refractivity contribution in [2.75, 3.05) is 19.7 Å². The Bertz CT molecular complexity index is 1250. The van der Waals surface area contributed by atoms with E-state index in [0.717, 1.165) is 36.0 Å². The fraction of sp³-hybridized carbons (Fsp3) is 0.500. The highest BCUT2D eigenvalue weighted by molar-refractivity contribution is 5.77. The Kier molecular flexibility index (Phi) is 6.67. The molecule has 176 valence electrons. The molecule has 1 aromatic carbocycles. The molecule has 3 aromatic rings. The van der Waals surface area contributed by atoms with Gasteiger partial charge in [-0.25, -0.2) is 14.3 Å². The van der Waals surface area contributed by atoms with Crippen molar-refractivity contribution in [1.29, 1.82) is 0 Å². The van der Waals surface area contributed by atoms with Gasteiger partial charge in [0.05, 0.1) is 12.9 Å². The molecule has 0 N–H and O–H groups in total. The van der Waals surface area contributed by atoms with Crippen molar-refractivity contribution in [2.45, 2.75) is 39.2 Å². The van der Waals surface area contributed by atoms with Crippen LogP contribution >= 0.6 is 0 Å². The van der Waals surface area contributed by atoms with E-state index in [2.05, 4.69) is 17.1 Å². The number of imidazole rings is 1. The van der Waals surface area contributed by atoms with Crippen LogP contribution in [-0.4, -0.2) is 49.2 Å². The minimum absolute atomic E-state index is 0.194. The first kappa shape index (κ1) is 22.8. The van der Waals surface area contributed by atoms with Gasteiger partial charge in [-0.2, -0.15) is 0 Å². The molecule has 1 amide bonds. The lowest BCUT2D eigenvalue weighted by Gasteiger charge is -2.32. The third kappa shape index (κ3) is 4.72. The fourth-order valence-corrected chi connectivity index (χ4v) is 4.53. The average Bonchev–Trinajstić information content (AvgIpc) is 3.22. The number of benzene rings is 1. The molecule has 9 nitrogen and oxygen atoms in total. The molecular weight excluding hydrogens is 422 g/mol. The first-order valence-electron chi connectivity index (χ1n) is 11.5. The van der Waals surface area contributed by atoms with Crippen molar-refractivity contribution in [2.24, 2.45) is 20.0 Å². The van der Waals surface area contributed by atoms with Crippen molar-refractivity contribution >= 4 is 17.1 Å². The van der Waals surface area contributed by atoms with Gasteiger partial charge < -0.3 is 14.2 Å². The van der Waals surface area contributed by atoms with Crippen LogP contribution in [0.2, 0.25) is 0 Å². The lowest BCUT2D eigenvalue weighted by molar-refractivity contribution is -0.133. The Labute approximate surface area is 192 Å². The second-order valence-corrected chi connectivity index (χ2v) is 8.70. The molecule has 0 atom stereocenters. The van der Waals surface area contributed by atoms with Crippen LogP contribution < -0.4 is 16.0 Å². The van der Waals surface area contributed by atoms with Gasteiger partial charge in [-0.05, 0) is 56.2 Å². The molecule has 0 unspecified atom stereocenters. The van der Waals surface area contributed by atoms with E-state index in [0.29, 0.717) is 36.8 Å². The molecule has 3 heterocycles. The number of amides is 1. The maximum absolute atomic E-state index is 12.9. The summed E-state index contributed by atoms with van der Waals surface area (Å²) in [6, 6.07) is 8.24. The average molecular weight is 454 g/mol. The van der Waals surface area contributed by atoms with E-state index in [1.54, 1.807) is 23.6 Å². The van der Waals surface area contributed by atoms with Gasteiger partial charge in [0, 0.05) is 27.2 Å². The minimum atomic E-state index is -0.523. The molecule has 0 saturated carbocycles. The molecule has 0 aliphatic carbocycles. The summed E-state index contributed by atoms with van der Waals surface area (Å²) in [7, 11) is 3.26. The molecule has 4 rings (SSSR count). The molecule has 33 heavy (non-hydrogen) atoms. The van der Waals surface area contributed by atoms with Crippen LogP contribution in [0.4, 0.5) is 0 Å². The van der Waals surface area contributed by atoms with Crippen LogP contribution in [0.1, 0.15) is 31.7 Å². The zero-order valence-corrected chi connectivity index (χ0v) is 19.5. The molecule has 1 fully saturated rings. The largest absolute Gasteiger partial charge is 0.494 e. The molecule has 1 aliphatic heterocycles. The third-order valence-electron chi connectivity index (χ3n) is 6.54. The number of hydrogen-bond acceptors (Lipinski definition) is 5. The van der Waals surface area contributed by atoms with Gasteiger partial charge in [0.25, 0.3) is 5.56 Å². The van der Waals surface area contributed by atoms with Crippen molar-refractivity contribution in [1.82, 2.24) is 23.6 Å². The number of rotatable bonds is 7. The number of likely N-dealkylation sites (tertiary alicyclic amines) is 1. The van der Waals surface area contributed by atoms with Crippen LogP contribution in [0.5, 0.6) is 5.75 Å². The van der Waals surface area contributed by atoms with Crippen molar-refractivity contribution in [3.05, 3.63) is 57.0 Å². The summed E-state index contributed by atoms with van der Waals surface area (Å²) in [6.45, 7) is 3.69. The molecule has 0 spiro atoms. The first-order valence-corrected chi connectivity index (χ1v) is 11.5. The maximum Gasteiger partial charge on any atom is 0.332 e. The SMILES string of the molecule is CCOc1ccc(CCC2CCN(C(=O)Cn3c(=O)c4c(ncn4C)n(C)c3=O)CC2)cc1. The van der Waals surface area contributed by atoms with E-state index in [1.807, 2.05) is 19.1 Å². The number of ether oxygens (including phenoxy) is 1. The number of piperidine rings is 1. The standard InChI is InChI=1S/C24H31N5O4/c1-4-33-19-9-7-17(8-10-19)5-6-18-11-13-28(14-12-18)20(30)15-29-23(31)21-22(25-16-26(21)2)27(3)24(29)32/h7-10,16,18H,4-6,11-15H2,1-3H3. The summed E-state index contributed by atoms with van der Waals surface area (Å²) in [5.41, 5.74) is 0.927. The summed E-state index contributed by atoms with van der Waals surface area (Å²) in [4.78, 5) is 44.3. The van der Waals surface area contributed by atoms with E-state index in [-0.39, 0.29) is 12.5 Å². The number of hydrogen-bond donors (Lipinski definition) is 0. The van der Waals surface area contributed by atoms with Crippen LogP contribution in [0.15, 0.2) is 40.2 Å². The summed E-state index contributed by atoms with van der Waals surface area (Å²) in [5, 5.41) is 0. The van der Waals surface area contributed by atoms with E-state index < -0.39 is 11.2 Å². The number of carbonyl (C=O) groups is 1. The number of fused-ring (bicyclic) bond motifs is 1. The van der Waals surface area contributed by atoms with Crippen LogP contribution in [-0.2, 0) is 31.9 Å². The lowest BCUT2D eigenvalue weighted by atomic mass is 9.90. The lowest BCUT2D eigenvalue weighted by Crippen LogP contribution is -2.46. The van der Waals surface area contributed by atoms with Gasteiger partial charge in [-0.15, -0.1) is 0 Å². The monoisotopic (exact) mass is 453 g/mol. The summed E-state index contributed by atoms with van der Waals surface area (Å²) in [6.07, 6.45) is 5.43. The van der Waals surface area contributed by atoms with Gasteiger partial charge >= 0.3 is 5.69 Å². The van der Waals surface area contributed by atoms with Crippen LogP contribution in [0.3, 0.4) is 0 Å². The van der Waals surface area contributed by atoms with Gasteiger partial charge in [0.15, 0.2) is 11.2 Å². The van der Waals surface area contributed by atoms with Gasteiger partial charge in [-0.3, -0.25) is 14.2 Å². The Balaban J connectivity index is 1.34. The van der Waals surface area contributed by atoms with E-state index in [4.69, 9.17) is 4.74 Å². The Morgan fingerprint density at radius 3 is 2.48 bits per heavy atom. The molecule has 2 aromatic heterocycles. The third-order valence-corrected chi connectivity index (χ3v) is 6.54.